The minimum Gasteiger partial charge on any atom is -0.338 e. The predicted molar refractivity (Wildman–Crippen MR) is 92.7 cm³/mol. The Morgan fingerprint density at radius 1 is 1.38 bits per heavy atom. The first kappa shape index (κ1) is 16.5. The van der Waals surface area contributed by atoms with Gasteiger partial charge in [-0.15, -0.1) is 0 Å². The Balaban J connectivity index is 1.60. The summed E-state index contributed by atoms with van der Waals surface area (Å²) in [5, 5.41) is 10.2. The van der Waals surface area contributed by atoms with Gasteiger partial charge in [0.2, 0.25) is 0 Å². The van der Waals surface area contributed by atoms with Gasteiger partial charge in [-0.2, -0.15) is 5.10 Å². The van der Waals surface area contributed by atoms with Gasteiger partial charge in [0.15, 0.2) is 0 Å². The molecule has 128 valence electrons. The number of likely N-dealkylation sites (tertiary alicyclic amines) is 1. The van der Waals surface area contributed by atoms with Crippen LogP contribution < -0.4 is 5.32 Å². The first-order valence-corrected chi connectivity index (χ1v) is 8.62. The topological polar surface area (TPSA) is 73.9 Å². The number of H-pyrrole nitrogens is 1. The number of nitrogens with one attached hydrogen (secondary N) is 2. The number of urea groups is 1. The molecule has 2 aromatic heterocycles. The van der Waals surface area contributed by atoms with Crippen LogP contribution in [0, 0.1) is 13.8 Å². The SMILES string of the molecule is Cc1n[nH]c(C)c1CCNC(=O)N1CCCC[C@@H]1c1ccccn1. The van der Waals surface area contributed by atoms with Gasteiger partial charge in [-0.3, -0.25) is 10.1 Å². The molecule has 0 radical (unpaired) electrons. The van der Waals surface area contributed by atoms with E-state index in [0.717, 1.165) is 49.3 Å². The van der Waals surface area contributed by atoms with Crippen LogP contribution in [0.4, 0.5) is 4.79 Å². The van der Waals surface area contributed by atoms with Crippen molar-refractivity contribution in [3.8, 4) is 0 Å². The monoisotopic (exact) mass is 327 g/mol. The van der Waals surface area contributed by atoms with Crippen LogP contribution in [-0.2, 0) is 6.42 Å². The third-order valence-electron chi connectivity index (χ3n) is 4.72. The van der Waals surface area contributed by atoms with E-state index in [-0.39, 0.29) is 12.1 Å². The number of piperidine rings is 1. The molecule has 0 bridgehead atoms. The number of rotatable bonds is 4. The quantitative estimate of drug-likeness (QED) is 0.907. The van der Waals surface area contributed by atoms with Gasteiger partial charge in [-0.05, 0) is 57.2 Å². The smallest absolute Gasteiger partial charge is 0.317 e. The van der Waals surface area contributed by atoms with E-state index < -0.39 is 0 Å². The molecule has 1 aliphatic rings. The van der Waals surface area contributed by atoms with E-state index in [0.29, 0.717) is 6.54 Å². The minimum absolute atomic E-state index is 0.00385. The highest BCUT2D eigenvalue weighted by molar-refractivity contribution is 5.74. The fraction of sp³-hybridized carbons (Fsp3) is 0.500. The maximum Gasteiger partial charge on any atom is 0.317 e. The second kappa shape index (κ2) is 7.47. The molecular formula is C18H25N5O. The van der Waals surface area contributed by atoms with Gasteiger partial charge >= 0.3 is 6.03 Å². The molecule has 0 spiro atoms. The van der Waals surface area contributed by atoms with Crippen molar-refractivity contribution in [3.05, 3.63) is 47.0 Å². The Morgan fingerprint density at radius 2 is 2.25 bits per heavy atom. The van der Waals surface area contributed by atoms with Crippen LogP contribution in [0.2, 0.25) is 0 Å². The Bertz CT molecular complexity index is 662. The molecule has 0 aromatic carbocycles. The molecule has 0 aliphatic carbocycles. The van der Waals surface area contributed by atoms with Gasteiger partial charge < -0.3 is 10.2 Å². The highest BCUT2D eigenvalue weighted by Crippen LogP contribution is 2.29. The van der Waals surface area contributed by atoms with Crippen molar-refractivity contribution in [1.29, 1.82) is 0 Å². The highest BCUT2D eigenvalue weighted by Gasteiger charge is 2.28. The number of hydrogen-bond donors (Lipinski definition) is 2. The molecule has 0 unspecified atom stereocenters. The van der Waals surface area contributed by atoms with Crippen molar-refractivity contribution in [3.63, 3.8) is 0 Å². The average molecular weight is 327 g/mol. The molecule has 2 N–H and O–H groups in total. The maximum absolute atomic E-state index is 12.6. The fourth-order valence-corrected chi connectivity index (χ4v) is 3.39. The lowest BCUT2D eigenvalue weighted by atomic mass is 9.99. The van der Waals surface area contributed by atoms with E-state index in [1.807, 2.05) is 36.9 Å². The van der Waals surface area contributed by atoms with E-state index in [4.69, 9.17) is 0 Å². The number of nitrogens with zero attached hydrogens (tertiary/aromatic N) is 3. The number of carbonyl (C=O) groups excluding carboxylic acids is 1. The summed E-state index contributed by atoms with van der Waals surface area (Å²) in [6.07, 6.45) is 5.76. The summed E-state index contributed by atoms with van der Waals surface area (Å²) >= 11 is 0. The van der Waals surface area contributed by atoms with Gasteiger partial charge in [0.25, 0.3) is 0 Å². The van der Waals surface area contributed by atoms with Gasteiger partial charge in [-0.1, -0.05) is 6.07 Å². The second-order valence-electron chi connectivity index (χ2n) is 6.35. The summed E-state index contributed by atoms with van der Waals surface area (Å²) in [5.74, 6) is 0. The van der Waals surface area contributed by atoms with Crippen molar-refractivity contribution >= 4 is 6.03 Å². The van der Waals surface area contributed by atoms with Crippen molar-refractivity contribution < 1.29 is 4.79 Å². The third kappa shape index (κ3) is 3.58. The molecule has 6 heteroatoms. The van der Waals surface area contributed by atoms with Gasteiger partial charge in [-0.25, -0.2) is 4.79 Å². The minimum atomic E-state index is 0.00385. The number of aromatic nitrogens is 3. The van der Waals surface area contributed by atoms with Crippen molar-refractivity contribution in [2.75, 3.05) is 13.1 Å². The Hall–Kier alpha value is -2.37. The molecule has 1 atom stereocenters. The van der Waals surface area contributed by atoms with Crippen LogP contribution in [0.5, 0.6) is 0 Å². The van der Waals surface area contributed by atoms with Crippen LogP contribution in [0.15, 0.2) is 24.4 Å². The standard InChI is InChI=1S/C18H25N5O/c1-13-15(14(2)22-21-13)9-11-20-18(24)23-12-6-4-8-17(23)16-7-3-5-10-19-16/h3,5,7,10,17H,4,6,8-9,11-12H2,1-2H3,(H,20,24)(H,21,22)/t17-/m1/s1. The van der Waals surface area contributed by atoms with Crippen LogP contribution in [0.25, 0.3) is 0 Å². The molecule has 1 aliphatic heterocycles. The number of aromatic amines is 1. The summed E-state index contributed by atoms with van der Waals surface area (Å²) in [5.41, 5.74) is 4.25. The molecule has 3 rings (SSSR count). The lowest BCUT2D eigenvalue weighted by Crippen LogP contribution is -2.45. The Labute approximate surface area is 142 Å². The number of amides is 2. The van der Waals surface area contributed by atoms with E-state index in [2.05, 4.69) is 20.5 Å². The molecule has 6 nitrogen and oxygen atoms in total. The Kier molecular flexibility index (Phi) is 5.13. The summed E-state index contributed by atoms with van der Waals surface area (Å²) in [7, 11) is 0. The van der Waals surface area contributed by atoms with E-state index in [1.165, 1.54) is 5.56 Å². The third-order valence-corrected chi connectivity index (χ3v) is 4.72. The number of carbonyl (C=O) groups is 1. The van der Waals surface area contributed by atoms with E-state index in [9.17, 15) is 4.79 Å². The lowest BCUT2D eigenvalue weighted by molar-refractivity contribution is 0.150. The summed E-state index contributed by atoms with van der Waals surface area (Å²) in [4.78, 5) is 19.0. The van der Waals surface area contributed by atoms with Crippen LogP contribution in [-0.4, -0.2) is 39.2 Å². The van der Waals surface area contributed by atoms with E-state index in [1.54, 1.807) is 6.20 Å². The molecule has 2 amide bonds. The van der Waals surface area contributed by atoms with Gasteiger partial charge in [0.05, 0.1) is 17.4 Å². The van der Waals surface area contributed by atoms with Crippen LogP contribution in [0.3, 0.4) is 0 Å². The summed E-state index contributed by atoms with van der Waals surface area (Å²) in [6, 6.07) is 5.99. The summed E-state index contributed by atoms with van der Waals surface area (Å²) in [6.45, 7) is 5.41. The van der Waals surface area contributed by atoms with E-state index >= 15 is 0 Å². The number of aryl methyl sites for hydroxylation is 2. The van der Waals surface area contributed by atoms with Crippen molar-refractivity contribution in [1.82, 2.24) is 25.4 Å². The average Bonchev–Trinajstić information content (AvgIpc) is 2.94. The zero-order chi connectivity index (χ0) is 16.9. The molecule has 0 saturated carbocycles. The zero-order valence-corrected chi connectivity index (χ0v) is 14.4. The molecule has 1 saturated heterocycles. The zero-order valence-electron chi connectivity index (χ0n) is 14.4. The number of pyridine rings is 1. The maximum atomic E-state index is 12.6. The normalized spacial score (nSPS) is 17.8. The van der Waals surface area contributed by atoms with Gasteiger partial charge in [0.1, 0.15) is 0 Å². The molecule has 24 heavy (non-hydrogen) atoms. The lowest BCUT2D eigenvalue weighted by Gasteiger charge is -2.35. The highest BCUT2D eigenvalue weighted by atomic mass is 16.2. The molecule has 3 heterocycles. The second-order valence-corrected chi connectivity index (χ2v) is 6.35. The Morgan fingerprint density at radius 3 is 2.96 bits per heavy atom. The van der Waals surface area contributed by atoms with Crippen molar-refractivity contribution in [2.24, 2.45) is 0 Å². The van der Waals surface area contributed by atoms with Crippen molar-refractivity contribution in [2.45, 2.75) is 45.6 Å². The molecule has 1 fully saturated rings. The fourth-order valence-electron chi connectivity index (χ4n) is 3.39. The van der Waals surface area contributed by atoms with Crippen LogP contribution >= 0.6 is 0 Å². The number of hydrogen-bond acceptors (Lipinski definition) is 3. The first-order valence-electron chi connectivity index (χ1n) is 8.62. The van der Waals surface area contributed by atoms with Gasteiger partial charge in [0, 0.05) is 25.0 Å². The molecule has 2 aromatic rings. The summed E-state index contributed by atoms with van der Waals surface area (Å²) < 4.78 is 0. The van der Waals surface area contributed by atoms with Crippen LogP contribution in [0.1, 0.15) is 47.9 Å². The first-order chi connectivity index (χ1) is 11.7. The predicted octanol–water partition coefficient (Wildman–Crippen LogP) is 2.90. The molecular weight excluding hydrogens is 302 g/mol. The largest absolute Gasteiger partial charge is 0.338 e.